The molecule has 21 heavy (non-hydrogen) atoms. The molecule has 0 aromatic heterocycles. The molecule has 2 rings (SSSR count). The van der Waals surface area contributed by atoms with Crippen LogP contribution in [0.4, 0.5) is 0 Å². The van der Waals surface area contributed by atoms with Crippen molar-refractivity contribution in [3.63, 3.8) is 0 Å². The van der Waals surface area contributed by atoms with Crippen molar-refractivity contribution in [3.05, 3.63) is 23.8 Å². The lowest BCUT2D eigenvalue weighted by atomic mass is 10.1. The van der Waals surface area contributed by atoms with E-state index in [1.807, 2.05) is 25.1 Å². The number of hydrogen-bond acceptors (Lipinski definition) is 5. The van der Waals surface area contributed by atoms with Gasteiger partial charge in [-0.1, -0.05) is 6.07 Å². The number of ether oxygens (including phenoxy) is 2. The average molecular weight is 317 g/mol. The number of halogens is 1. The lowest BCUT2D eigenvalue weighted by molar-refractivity contribution is 0.146. The Balaban J connectivity index is 0.00000220. The zero-order valence-corrected chi connectivity index (χ0v) is 13.4. The summed E-state index contributed by atoms with van der Waals surface area (Å²) in [4.78, 5) is 0. The first-order valence-electron chi connectivity index (χ1n) is 7.13. The standard InChI is InChI=1S/C15H24N2O3.ClH/c1-3-20-14-5-4-11(6-15(14)19-2)7-16-8-12-9-17-10-13(12)18;/h4-6,12-13,16-18H,3,7-10H2,1-2H3;1H. The number of methoxy groups -OCH3 is 1. The molecule has 1 heterocycles. The largest absolute Gasteiger partial charge is 0.493 e. The molecule has 0 spiro atoms. The van der Waals surface area contributed by atoms with Gasteiger partial charge in [0, 0.05) is 32.1 Å². The Bertz CT molecular complexity index is 431. The van der Waals surface area contributed by atoms with Gasteiger partial charge < -0.3 is 25.2 Å². The van der Waals surface area contributed by atoms with Crippen LogP contribution in [0.3, 0.4) is 0 Å². The van der Waals surface area contributed by atoms with E-state index in [2.05, 4.69) is 10.6 Å². The van der Waals surface area contributed by atoms with Crippen molar-refractivity contribution in [3.8, 4) is 11.5 Å². The maximum atomic E-state index is 9.72. The van der Waals surface area contributed by atoms with E-state index in [9.17, 15) is 5.11 Å². The van der Waals surface area contributed by atoms with E-state index in [0.29, 0.717) is 19.1 Å². The fourth-order valence-corrected chi connectivity index (χ4v) is 2.43. The summed E-state index contributed by atoms with van der Waals surface area (Å²) in [6, 6.07) is 5.95. The molecule has 1 fully saturated rings. The summed E-state index contributed by atoms with van der Waals surface area (Å²) >= 11 is 0. The Morgan fingerprint density at radius 3 is 2.76 bits per heavy atom. The van der Waals surface area contributed by atoms with E-state index in [1.165, 1.54) is 0 Å². The molecular weight excluding hydrogens is 292 g/mol. The molecule has 2 unspecified atom stereocenters. The fourth-order valence-electron chi connectivity index (χ4n) is 2.43. The van der Waals surface area contributed by atoms with Gasteiger partial charge in [-0.2, -0.15) is 0 Å². The number of benzene rings is 1. The predicted molar refractivity (Wildman–Crippen MR) is 85.5 cm³/mol. The topological polar surface area (TPSA) is 62.8 Å². The second kappa shape index (κ2) is 9.10. The number of β-amino-alcohol motifs (C(OH)–C–C–N with tert-alkyl or cyclic N) is 1. The normalized spacial score (nSPS) is 20.9. The van der Waals surface area contributed by atoms with Crippen LogP contribution in [0.5, 0.6) is 11.5 Å². The van der Waals surface area contributed by atoms with Crippen molar-refractivity contribution in [2.24, 2.45) is 5.92 Å². The maximum absolute atomic E-state index is 9.72. The van der Waals surface area contributed by atoms with Crippen molar-refractivity contribution < 1.29 is 14.6 Å². The molecule has 120 valence electrons. The minimum absolute atomic E-state index is 0. The third-order valence-corrected chi connectivity index (χ3v) is 3.57. The Morgan fingerprint density at radius 2 is 2.14 bits per heavy atom. The first-order chi connectivity index (χ1) is 9.74. The molecule has 6 heteroatoms. The SMILES string of the molecule is CCOc1ccc(CNCC2CNCC2O)cc1OC.Cl. The third-order valence-electron chi connectivity index (χ3n) is 3.57. The highest BCUT2D eigenvalue weighted by atomic mass is 35.5. The Hall–Kier alpha value is -1.01. The molecule has 0 aliphatic carbocycles. The van der Waals surface area contributed by atoms with Gasteiger partial charge in [0.2, 0.25) is 0 Å². The van der Waals surface area contributed by atoms with Crippen LogP contribution >= 0.6 is 12.4 Å². The van der Waals surface area contributed by atoms with Crippen LogP contribution in [0.25, 0.3) is 0 Å². The minimum atomic E-state index is -0.239. The van der Waals surface area contributed by atoms with Crippen LogP contribution in [0.15, 0.2) is 18.2 Å². The van der Waals surface area contributed by atoms with Gasteiger partial charge in [-0.25, -0.2) is 0 Å². The van der Waals surface area contributed by atoms with E-state index in [1.54, 1.807) is 7.11 Å². The molecule has 5 nitrogen and oxygen atoms in total. The van der Waals surface area contributed by atoms with E-state index >= 15 is 0 Å². The van der Waals surface area contributed by atoms with Crippen LogP contribution < -0.4 is 20.1 Å². The first-order valence-corrected chi connectivity index (χ1v) is 7.13. The Kier molecular flexibility index (Phi) is 7.82. The molecule has 3 N–H and O–H groups in total. The fraction of sp³-hybridized carbons (Fsp3) is 0.600. The van der Waals surface area contributed by atoms with Crippen LogP contribution in [-0.2, 0) is 6.54 Å². The number of aliphatic hydroxyl groups is 1. The Labute approximate surface area is 132 Å². The van der Waals surface area contributed by atoms with Crippen molar-refractivity contribution in [2.45, 2.75) is 19.6 Å². The summed E-state index contributed by atoms with van der Waals surface area (Å²) in [7, 11) is 1.65. The third kappa shape index (κ3) is 5.04. The minimum Gasteiger partial charge on any atom is -0.493 e. The molecule has 0 radical (unpaired) electrons. The zero-order valence-electron chi connectivity index (χ0n) is 12.6. The summed E-state index contributed by atoms with van der Waals surface area (Å²) < 4.78 is 10.8. The van der Waals surface area contributed by atoms with Gasteiger partial charge in [-0.15, -0.1) is 12.4 Å². The smallest absolute Gasteiger partial charge is 0.161 e. The predicted octanol–water partition coefficient (Wildman–Crippen LogP) is 1.19. The monoisotopic (exact) mass is 316 g/mol. The van der Waals surface area contributed by atoms with Gasteiger partial charge in [0.1, 0.15) is 0 Å². The second-order valence-electron chi connectivity index (χ2n) is 5.03. The number of hydrogen-bond donors (Lipinski definition) is 3. The van der Waals surface area contributed by atoms with Gasteiger partial charge >= 0.3 is 0 Å². The molecule has 0 saturated carbocycles. The van der Waals surface area contributed by atoms with Crippen LogP contribution in [0.1, 0.15) is 12.5 Å². The Morgan fingerprint density at radius 1 is 1.33 bits per heavy atom. The van der Waals surface area contributed by atoms with Crippen molar-refractivity contribution in [2.75, 3.05) is 33.4 Å². The van der Waals surface area contributed by atoms with E-state index in [4.69, 9.17) is 9.47 Å². The van der Waals surface area contributed by atoms with Gasteiger partial charge in [0.05, 0.1) is 19.8 Å². The highest BCUT2D eigenvalue weighted by Gasteiger charge is 2.23. The highest BCUT2D eigenvalue weighted by Crippen LogP contribution is 2.27. The first kappa shape index (κ1) is 18.0. The quantitative estimate of drug-likeness (QED) is 0.705. The lowest BCUT2D eigenvalue weighted by Crippen LogP contribution is -2.30. The molecule has 1 aliphatic rings. The highest BCUT2D eigenvalue weighted by molar-refractivity contribution is 5.85. The maximum Gasteiger partial charge on any atom is 0.161 e. The second-order valence-corrected chi connectivity index (χ2v) is 5.03. The number of rotatable bonds is 7. The molecule has 2 atom stereocenters. The molecule has 0 amide bonds. The number of nitrogens with one attached hydrogen (secondary N) is 2. The summed E-state index contributed by atoms with van der Waals surface area (Å²) in [5, 5.41) is 16.3. The zero-order chi connectivity index (χ0) is 14.4. The van der Waals surface area contributed by atoms with Gasteiger partial charge in [-0.3, -0.25) is 0 Å². The molecule has 1 saturated heterocycles. The van der Waals surface area contributed by atoms with Gasteiger partial charge in [0.25, 0.3) is 0 Å². The summed E-state index contributed by atoms with van der Waals surface area (Å²) in [6.45, 7) is 5.72. The lowest BCUT2D eigenvalue weighted by Gasteiger charge is -2.15. The summed E-state index contributed by atoms with van der Waals surface area (Å²) in [5.41, 5.74) is 1.14. The van der Waals surface area contributed by atoms with E-state index < -0.39 is 0 Å². The summed E-state index contributed by atoms with van der Waals surface area (Å²) in [6.07, 6.45) is -0.239. The van der Waals surface area contributed by atoms with Crippen LogP contribution in [0.2, 0.25) is 0 Å². The molecular formula is C15H25ClN2O3. The van der Waals surface area contributed by atoms with Crippen LogP contribution in [0, 0.1) is 5.92 Å². The average Bonchev–Trinajstić information content (AvgIpc) is 2.86. The van der Waals surface area contributed by atoms with E-state index in [0.717, 1.165) is 36.7 Å². The van der Waals surface area contributed by atoms with Crippen molar-refractivity contribution >= 4 is 12.4 Å². The molecule has 0 bridgehead atoms. The molecule has 1 aromatic rings. The van der Waals surface area contributed by atoms with Crippen molar-refractivity contribution in [1.82, 2.24) is 10.6 Å². The summed E-state index contributed by atoms with van der Waals surface area (Å²) in [5.74, 6) is 1.82. The van der Waals surface area contributed by atoms with Gasteiger partial charge in [-0.05, 0) is 24.6 Å². The number of aliphatic hydroxyl groups excluding tert-OH is 1. The van der Waals surface area contributed by atoms with Crippen molar-refractivity contribution in [1.29, 1.82) is 0 Å². The molecule has 1 aliphatic heterocycles. The molecule has 1 aromatic carbocycles. The van der Waals surface area contributed by atoms with Crippen LogP contribution in [-0.4, -0.2) is 44.6 Å². The van der Waals surface area contributed by atoms with Gasteiger partial charge in [0.15, 0.2) is 11.5 Å². The van der Waals surface area contributed by atoms with E-state index in [-0.39, 0.29) is 18.5 Å².